The summed E-state index contributed by atoms with van der Waals surface area (Å²) in [6.45, 7) is 6.93. The van der Waals surface area contributed by atoms with Gasteiger partial charge in [-0.3, -0.25) is 4.90 Å². The second kappa shape index (κ2) is 7.24. The Labute approximate surface area is 127 Å². The number of piperazine rings is 1. The molecule has 1 aromatic rings. The summed E-state index contributed by atoms with van der Waals surface area (Å²) >= 11 is 0. The number of halogens is 4. The predicted octanol–water partition coefficient (Wildman–Crippen LogP) is 3.76. The number of nitrogens with one attached hydrogen (secondary N) is 1. The van der Waals surface area contributed by atoms with Crippen LogP contribution in [0.1, 0.15) is 30.0 Å². The molecule has 1 aliphatic heterocycles. The first-order valence-corrected chi connectivity index (χ1v) is 7.36. The van der Waals surface area contributed by atoms with Gasteiger partial charge in [-0.1, -0.05) is 12.1 Å². The van der Waals surface area contributed by atoms with Crippen LogP contribution in [0.15, 0.2) is 30.9 Å². The van der Waals surface area contributed by atoms with Gasteiger partial charge in [-0.25, -0.2) is 4.39 Å². The number of hydrogen-bond donors (Lipinski definition) is 1. The van der Waals surface area contributed by atoms with Gasteiger partial charge in [0.1, 0.15) is 5.82 Å². The van der Waals surface area contributed by atoms with Gasteiger partial charge in [0.05, 0.1) is 5.56 Å². The molecule has 0 unspecified atom stereocenters. The van der Waals surface area contributed by atoms with E-state index in [2.05, 4.69) is 16.8 Å². The molecule has 1 heterocycles. The fraction of sp³-hybridized carbons (Fsp3) is 0.500. The lowest BCUT2D eigenvalue weighted by Crippen LogP contribution is -2.45. The SMILES string of the molecule is C=CCC[C@H](c1ccc(C(F)(F)F)c(F)c1)N1CCNCC1. The maximum absolute atomic E-state index is 13.8. The Hall–Kier alpha value is -1.40. The van der Waals surface area contributed by atoms with Crippen molar-refractivity contribution in [2.75, 3.05) is 26.2 Å². The molecule has 0 aliphatic carbocycles. The summed E-state index contributed by atoms with van der Waals surface area (Å²) in [5.74, 6) is -1.20. The third-order valence-corrected chi connectivity index (χ3v) is 3.92. The second-order valence-electron chi connectivity index (χ2n) is 5.40. The molecule has 6 heteroatoms. The molecule has 22 heavy (non-hydrogen) atoms. The van der Waals surface area contributed by atoms with Crippen molar-refractivity contribution in [1.82, 2.24) is 10.2 Å². The van der Waals surface area contributed by atoms with Crippen LogP contribution in [-0.4, -0.2) is 31.1 Å². The summed E-state index contributed by atoms with van der Waals surface area (Å²) in [6, 6.07) is 3.17. The van der Waals surface area contributed by atoms with Gasteiger partial charge in [0.15, 0.2) is 0 Å². The summed E-state index contributed by atoms with van der Waals surface area (Å²) in [4.78, 5) is 2.18. The number of nitrogens with zero attached hydrogens (tertiary/aromatic N) is 1. The Bertz CT molecular complexity index is 507. The van der Waals surface area contributed by atoms with Crippen LogP contribution in [0.25, 0.3) is 0 Å². The van der Waals surface area contributed by atoms with E-state index in [9.17, 15) is 17.6 Å². The standard InChI is InChI=1S/C16H20F4N2/c1-2-3-4-15(22-9-7-21-8-10-22)12-5-6-13(14(17)11-12)16(18,19)20/h2,5-6,11,15,21H,1,3-4,7-10H2/t15-/m1/s1. The molecule has 1 fully saturated rings. The average Bonchev–Trinajstić information content (AvgIpc) is 2.47. The fourth-order valence-electron chi connectivity index (χ4n) is 2.80. The summed E-state index contributed by atoms with van der Waals surface area (Å²) in [5, 5.41) is 3.23. The molecule has 1 N–H and O–H groups in total. The zero-order valence-electron chi connectivity index (χ0n) is 12.3. The largest absolute Gasteiger partial charge is 0.419 e. The third-order valence-electron chi connectivity index (χ3n) is 3.92. The summed E-state index contributed by atoms with van der Waals surface area (Å²) < 4.78 is 51.8. The minimum absolute atomic E-state index is 0.0862. The van der Waals surface area contributed by atoms with E-state index in [0.717, 1.165) is 44.7 Å². The van der Waals surface area contributed by atoms with Gasteiger partial charge < -0.3 is 5.32 Å². The van der Waals surface area contributed by atoms with Crippen LogP contribution in [0, 0.1) is 5.82 Å². The highest BCUT2D eigenvalue weighted by Gasteiger charge is 2.34. The molecule has 0 bridgehead atoms. The lowest BCUT2D eigenvalue weighted by atomic mass is 9.98. The van der Waals surface area contributed by atoms with Gasteiger partial charge in [-0.05, 0) is 30.5 Å². The minimum Gasteiger partial charge on any atom is -0.314 e. The summed E-state index contributed by atoms with van der Waals surface area (Å²) in [7, 11) is 0. The van der Waals surface area contributed by atoms with Crippen LogP contribution in [0.3, 0.4) is 0 Å². The van der Waals surface area contributed by atoms with E-state index in [1.807, 2.05) is 0 Å². The highest BCUT2D eigenvalue weighted by molar-refractivity contribution is 5.29. The van der Waals surface area contributed by atoms with Crippen molar-refractivity contribution in [3.63, 3.8) is 0 Å². The van der Waals surface area contributed by atoms with Crippen molar-refractivity contribution in [2.45, 2.75) is 25.1 Å². The normalized spacial score (nSPS) is 18.2. The third kappa shape index (κ3) is 4.08. The molecule has 0 saturated carbocycles. The van der Waals surface area contributed by atoms with E-state index in [1.165, 1.54) is 6.07 Å². The molecule has 0 spiro atoms. The van der Waals surface area contributed by atoms with Gasteiger partial charge in [0.25, 0.3) is 0 Å². The molecule has 122 valence electrons. The van der Waals surface area contributed by atoms with Crippen molar-refractivity contribution in [1.29, 1.82) is 0 Å². The lowest BCUT2D eigenvalue weighted by molar-refractivity contribution is -0.140. The first-order chi connectivity index (χ1) is 10.4. The molecule has 1 saturated heterocycles. The fourth-order valence-corrected chi connectivity index (χ4v) is 2.80. The van der Waals surface area contributed by atoms with Crippen LogP contribution < -0.4 is 5.32 Å². The quantitative estimate of drug-likeness (QED) is 0.657. The Morgan fingerprint density at radius 3 is 2.50 bits per heavy atom. The number of alkyl halides is 3. The summed E-state index contributed by atoms with van der Waals surface area (Å²) in [5.41, 5.74) is -0.617. The van der Waals surface area contributed by atoms with Gasteiger partial charge in [0, 0.05) is 32.2 Å². The Kier molecular flexibility index (Phi) is 5.58. The predicted molar refractivity (Wildman–Crippen MR) is 78.0 cm³/mol. The molecule has 0 radical (unpaired) electrons. The van der Waals surface area contributed by atoms with Crippen LogP contribution in [-0.2, 0) is 6.18 Å². The van der Waals surface area contributed by atoms with Crippen molar-refractivity contribution >= 4 is 0 Å². The monoisotopic (exact) mass is 316 g/mol. The van der Waals surface area contributed by atoms with E-state index in [0.29, 0.717) is 12.0 Å². The van der Waals surface area contributed by atoms with Crippen molar-refractivity contribution < 1.29 is 17.6 Å². The zero-order valence-corrected chi connectivity index (χ0v) is 12.3. The van der Waals surface area contributed by atoms with Crippen LogP contribution in [0.5, 0.6) is 0 Å². The molecule has 2 nitrogen and oxygen atoms in total. The molecule has 1 atom stereocenters. The van der Waals surface area contributed by atoms with E-state index >= 15 is 0 Å². The number of allylic oxidation sites excluding steroid dienone is 1. The number of benzene rings is 1. The molecule has 2 rings (SSSR count). The maximum atomic E-state index is 13.8. The highest BCUT2D eigenvalue weighted by Crippen LogP contribution is 2.34. The molecular formula is C16H20F4N2. The minimum atomic E-state index is -4.66. The van der Waals surface area contributed by atoms with Crippen LogP contribution >= 0.6 is 0 Å². The Morgan fingerprint density at radius 2 is 1.95 bits per heavy atom. The topological polar surface area (TPSA) is 15.3 Å². The van der Waals surface area contributed by atoms with Crippen molar-refractivity contribution in [2.24, 2.45) is 0 Å². The smallest absolute Gasteiger partial charge is 0.314 e. The van der Waals surface area contributed by atoms with E-state index < -0.39 is 17.6 Å². The van der Waals surface area contributed by atoms with E-state index in [1.54, 1.807) is 6.08 Å². The summed E-state index contributed by atoms with van der Waals surface area (Å²) in [6.07, 6.45) is -1.44. The highest BCUT2D eigenvalue weighted by atomic mass is 19.4. The van der Waals surface area contributed by atoms with Crippen molar-refractivity contribution in [3.8, 4) is 0 Å². The first kappa shape index (κ1) is 17.0. The first-order valence-electron chi connectivity index (χ1n) is 7.36. The second-order valence-corrected chi connectivity index (χ2v) is 5.40. The van der Waals surface area contributed by atoms with Gasteiger partial charge in [-0.15, -0.1) is 6.58 Å². The Morgan fingerprint density at radius 1 is 1.27 bits per heavy atom. The zero-order chi connectivity index (χ0) is 16.2. The van der Waals surface area contributed by atoms with Crippen LogP contribution in [0.2, 0.25) is 0 Å². The lowest BCUT2D eigenvalue weighted by Gasteiger charge is -2.35. The number of rotatable bonds is 5. The van der Waals surface area contributed by atoms with Gasteiger partial charge in [0.2, 0.25) is 0 Å². The molecule has 0 amide bonds. The molecule has 0 aromatic heterocycles. The van der Waals surface area contributed by atoms with Crippen LogP contribution in [0.4, 0.5) is 17.6 Å². The van der Waals surface area contributed by atoms with Gasteiger partial charge in [-0.2, -0.15) is 13.2 Å². The van der Waals surface area contributed by atoms with E-state index in [4.69, 9.17) is 0 Å². The molecule has 1 aliphatic rings. The number of hydrogen-bond acceptors (Lipinski definition) is 2. The average molecular weight is 316 g/mol. The molecular weight excluding hydrogens is 296 g/mol. The van der Waals surface area contributed by atoms with E-state index in [-0.39, 0.29) is 6.04 Å². The Balaban J connectivity index is 2.26. The van der Waals surface area contributed by atoms with Crippen molar-refractivity contribution in [3.05, 3.63) is 47.8 Å². The van der Waals surface area contributed by atoms with Gasteiger partial charge >= 0.3 is 6.18 Å². The maximum Gasteiger partial charge on any atom is 0.419 e. The molecule has 1 aromatic carbocycles.